The maximum atomic E-state index is 13.6. The highest BCUT2D eigenvalue weighted by Gasteiger charge is 2.67. The Hall–Kier alpha value is -2.22. The maximum absolute atomic E-state index is 13.6. The minimum atomic E-state index is -0.626. The second kappa shape index (κ2) is 7.48. The van der Waals surface area contributed by atoms with Crippen LogP contribution in [-0.4, -0.2) is 67.7 Å². The molecule has 0 unspecified atom stereocenters. The number of likely N-dealkylation sites (tertiary alicyclic amines) is 1. The van der Waals surface area contributed by atoms with E-state index < -0.39 is 17.4 Å². The molecule has 4 aliphatic rings. The number of hydrogen-bond acceptors (Lipinski definition) is 5. The second-order valence-corrected chi connectivity index (χ2v) is 9.24. The molecule has 30 heavy (non-hydrogen) atoms. The molecule has 0 aromatic carbocycles. The molecule has 1 saturated carbocycles. The Kier molecular flexibility index (Phi) is 4.92. The molecule has 2 saturated heterocycles. The summed E-state index contributed by atoms with van der Waals surface area (Å²) in [5.74, 6) is -0.0493. The van der Waals surface area contributed by atoms with Gasteiger partial charge < -0.3 is 19.1 Å². The monoisotopic (exact) mass is 413 g/mol. The molecule has 3 fully saturated rings. The van der Waals surface area contributed by atoms with Crippen LogP contribution in [0.4, 0.5) is 0 Å². The van der Waals surface area contributed by atoms with Crippen LogP contribution in [0.2, 0.25) is 0 Å². The number of fused-ring (bicyclic) bond motifs is 1. The molecule has 2 bridgehead atoms. The molecule has 162 valence electrons. The van der Waals surface area contributed by atoms with Crippen LogP contribution in [0, 0.1) is 11.8 Å². The number of carbonyl (C=O) groups excluding carboxylic acids is 2. The van der Waals surface area contributed by atoms with Crippen molar-refractivity contribution < 1.29 is 14.3 Å². The Balaban J connectivity index is 1.36. The highest BCUT2D eigenvalue weighted by Crippen LogP contribution is 2.53. The molecular weight excluding hydrogens is 382 g/mol. The maximum Gasteiger partial charge on any atom is 0.230 e. The van der Waals surface area contributed by atoms with Crippen LogP contribution in [0.25, 0.3) is 0 Å². The fourth-order valence-electron chi connectivity index (χ4n) is 5.90. The fourth-order valence-corrected chi connectivity index (χ4v) is 5.90. The zero-order chi connectivity index (χ0) is 20.9. The van der Waals surface area contributed by atoms with Gasteiger partial charge >= 0.3 is 0 Å². The molecule has 1 aromatic heterocycles. The van der Waals surface area contributed by atoms with Gasteiger partial charge in [0.05, 0.1) is 31.0 Å². The summed E-state index contributed by atoms with van der Waals surface area (Å²) in [6.45, 7) is 3.74. The molecule has 1 aliphatic carbocycles. The predicted octanol–water partition coefficient (Wildman–Crippen LogP) is 1.76. The number of hydrogen-bond donors (Lipinski definition) is 0. The summed E-state index contributed by atoms with van der Waals surface area (Å²) in [5.41, 5.74) is -0.626. The van der Waals surface area contributed by atoms with E-state index in [1.807, 2.05) is 22.5 Å². The van der Waals surface area contributed by atoms with E-state index in [2.05, 4.69) is 16.3 Å². The summed E-state index contributed by atoms with van der Waals surface area (Å²) < 4.78 is 8.24. The van der Waals surface area contributed by atoms with Crippen molar-refractivity contribution in [2.45, 2.75) is 76.3 Å². The summed E-state index contributed by atoms with van der Waals surface area (Å²) in [6, 6.07) is 0.285. The molecule has 8 nitrogen and oxygen atoms in total. The Morgan fingerprint density at radius 1 is 1.30 bits per heavy atom. The number of carbonyl (C=O) groups is 2. The Morgan fingerprint density at radius 2 is 2.07 bits per heavy atom. The number of rotatable bonds is 5. The third kappa shape index (κ3) is 2.99. The van der Waals surface area contributed by atoms with Crippen LogP contribution in [0.1, 0.15) is 51.3 Å². The highest BCUT2D eigenvalue weighted by atomic mass is 16.5. The first-order valence-electron chi connectivity index (χ1n) is 11.3. The van der Waals surface area contributed by atoms with Gasteiger partial charge in [0.1, 0.15) is 11.9 Å². The van der Waals surface area contributed by atoms with E-state index >= 15 is 0 Å². The Labute approximate surface area is 177 Å². The van der Waals surface area contributed by atoms with Crippen molar-refractivity contribution in [2.75, 3.05) is 13.6 Å². The predicted molar refractivity (Wildman–Crippen MR) is 109 cm³/mol. The molecular formula is C22H31N5O3. The van der Waals surface area contributed by atoms with E-state index in [-0.39, 0.29) is 24.0 Å². The van der Waals surface area contributed by atoms with Crippen LogP contribution in [0.5, 0.6) is 0 Å². The molecule has 1 spiro atoms. The lowest BCUT2D eigenvalue weighted by Crippen LogP contribution is -2.45. The largest absolute Gasteiger partial charge is 0.360 e. The van der Waals surface area contributed by atoms with Gasteiger partial charge in [-0.25, -0.2) is 0 Å². The summed E-state index contributed by atoms with van der Waals surface area (Å²) in [6.07, 6.45) is 12.4. The van der Waals surface area contributed by atoms with Crippen LogP contribution in [0.3, 0.4) is 0 Å². The normalized spacial score (nSPS) is 33.2. The first-order chi connectivity index (χ1) is 14.5. The van der Waals surface area contributed by atoms with Gasteiger partial charge in [-0.3, -0.25) is 9.59 Å². The summed E-state index contributed by atoms with van der Waals surface area (Å²) in [5, 5.41) is 8.10. The molecule has 3 aliphatic heterocycles. The number of amides is 2. The van der Waals surface area contributed by atoms with Crippen molar-refractivity contribution >= 4 is 11.8 Å². The molecule has 4 atom stereocenters. The van der Waals surface area contributed by atoms with Crippen molar-refractivity contribution in [1.82, 2.24) is 24.6 Å². The standard InChI is InChI=1S/C22H31N5O3/c1-3-26-14-23-24-17(26)12-25(2)20(28)18-16-10-11-22(30-16)13-27(21(29)19(18)22)15-8-6-4-5-7-9-15/h10-11,14-16,18-19H,3-9,12-13H2,1-2H3/t16-,18-,19-,22-/m0/s1. The minimum Gasteiger partial charge on any atom is -0.360 e. The highest BCUT2D eigenvalue weighted by molar-refractivity contribution is 5.93. The van der Waals surface area contributed by atoms with Crippen LogP contribution < -0.4 is 0 Å². The van der Waals surface area contributed by atoms with E-state index in [1.54, 1.807) is 18.3 Å². The fraction of sp³-hybridized carbons (Fsp3) is 0.727. The van der Waals surface area contributed by atoms with Crippen LogP contribution in [0.15, 0.2) is 18.5 Å². The summed E-state index contributed by atoms with van der Waals surface area (Å²) in [7, 11) is 1.78. The third-order valence-electron chi connectivity index (χ3n) is 7.47. The van der Waals surface area contributed by atoms with Gasteiger partial charge in [-0.1, -0.05) is 37.8 Å². The quantitative estimate of drug-likeness (QED) is 0.543. The molecule has 0 N–H and O–H groups in total. The Morgan fingerprint density at radius 3 is 2.80 bits per heavy atom. The minimum absolute atomic E-state index is 0.0436. The second-order valence-electron chi connectivity index (χ2n) is 9.24. The van der Waals surface area contributed by atoms with Gasteiger partial charge in [0, 0.05) is 19.6 Å². The van der Waals surface area contributed by atoms with Crippen LogP contribution in [-0.2, 0) is 27.4 Å². The topological polar surface area (TPSA) is 80.6 Å². The summed E-state index contributed by atoms with van der Waals surface area (Å²) in [4.78, 5) is 30.7. The number of nitrogens with zero attached hydrogens (tertiary/aromatic N) is 5. The molecule has 0 radical (unpaired) electrons. The number of aryl methyl sites for hydroxylation is 1. The van der Waals surface area contributed by atoms with E-state index in [9.17, 15) is 9.59 Å². The molecule has 4 heterocycles. The number of ether oxygens (including phenoxy) is 1. The first kappa shape index (κ1) is 19.7. The smallest absolute Gasteiger partial charge is 0.230 e. The Bertz CT molecular complexity index is 859. The van der Waals surface area contributed by atoms with Gasteiger partial charge in [0.25, 0.3) is 0 Å². The van der Waals surface area contributed by atoms with Gasteiger partial charge in [-0.15, -0.1) is 10.2 Å². The molecule has 1 aromatic rings. The third-order valence-corrected chi connectivity index (χ3v) is 7.47. The van der Waals surface area contributed by atoms with Crippen molar-refractivity contribution in [3.05, 3.63) is 24.3 Å². The zero-order valence-electron chi connectivity index (χ0n) is 17.9. The van der Waals surface area contributed by atoms with Crippen LogP contribution >= 0.6 is 0 Å². The lowest BCUT2D eigenvalue weighted by molar-refractivity contribution is -0.143. The van der Waals surface area contributed by atoms with E-state index in [0.717, 1.165) is 25.2 Å². The van der Waals surface area contributed by atoms with E-state index in [4.69, 9.17) is 4.74 Å². The van der Waals surface area contributed by atoms with E-state index in [0.29, 0.717) is 13.1 Å². The van der Waals surface area contributed by atoms with E-state index in [1.165, 1.54) is 25.7 Å². The van der Waals surface area contributed by atoms with Crippen molar-refractivity contribution in [3.63, 3.8) is 0 Å². The van der Waals surface area contributed by atoms with Crippen molar-refractivity contribution in [1.29, 1.82) is 0 Å². The molecule has 8 heteroatoms. The van der Waals surface area contributed by atoms with Crippen molar-refractivity contribution in [2.24, 2.45) is 11.8 Å². The lowest BCUT2D eigenvalue weighted by atomic mass is 9.76. The molecule has 2 amide bonds. The van der Waals surface area contributed by atoms with Gasteiger partial charge in [-0.2, -0.15) is 0 Å². The lowest BCUT2D eigenvalue weighted by Gasteiger charge is -2.30. The van der Waals surface area contributed by atoms with Gasteiger partial charge in [-0.05, 0) is 19.8 Å². The number of aromatic nitrogens is 3. The summed E-state index contributed by atoms with van der Waals surface area (Å²) >= 11 is 0. The van der Waals surface area contributed by atoms with Crippen molar-refractivity contribution in [3.8, 4) is 0 Å². The van der Waals surface area contributed by atoms with Gasteiger partial charge in [0.15, 0.2) is 5.82 Å². The SMILES string of the molecule is CCn1cnnc1CN(C)C(=O)[C@H]1[C@@H]2C=C[C@@]3(CN(C4CCCCCC4)C(=O)[C@H]13)O2. The zero-order valence-corrected chi connectivity index (χ0v) is 17.9. The average Bonchev–Trinajstić information content (AvgIpc) is 3.45. The van der Waals surface area contributed by atoms with Gasteiger partial charge in [0.2, 0.25) is 11.8 Å². The average molecular weight is 414 g/mol. The first-order valence-corrected chi connectivity index (χ1v) is 11.3. The molecule has 5 rings (SSSR count).